The first kappa shape index (κ1) is 13.2. The van der Waals surface area contributed by atoms with Gasteiger partial charge in [0.15, 0.2) is 0 Å². The Labute approximate surface area is 107 Å². The molecule has 0 bridgehead atoms. The van der Waals surface area contributed by atoms with Crippen LogP contribution in [0.3, 0.4) is 0 Å². The summed E-state index contributed by atoms with van der Waals surface area (Å²) in [5, 5.41) is 20.2. The highest BCUT2D eigenvalue weighted by Gasteiger charge is 2.17. The van der Waals surface area contributed by atoms with Gasteiger partial charge in [0.2, 0.25) is 0 Å². The van der Waals surface area contributed by atoms with Gasteiger partial charge in [0.25, 0.3) is 0 Å². The molecule has 4 heteroatoms. The minimum absolute atomic E-state index is 0.538. The summed E-state index contributed by atoms with van der Waals surface area (Å²) in [7, 11) is 0. The van der Waals surface area contributed by atoms with Gasteiger partial charge in [0.05, 0.1) is 6.10 Å². The van der Waals surface area contributed by atoms with E-state index in [9.17, 15) is 10.2 Å². The average Bonchev–Trinajstić information content (AvgIpc) is 2.21. The van der Waals surface area contributed by atoms with Crippen molar-refractivity contribution < 1.29 is 10.2 Å². The standard InChI is InChI=1S/C11H14Br2O2/c1-7-6-8(2-3-9(7)13)11(15)10(14)4-5-12/h2-3,6,10-11,14-15H,4-5H2,1H3. The summed E-state index contributed by atoms with van der Waals surface area (Å²) in [6.45, 7) is 1.96. The molecule has 15 heavy (non-hydrogen) atoms. The molecule has 2 N–H and O–H groups in total. The van der Waals surface area contributed by atoms with Gasteiger partial charge in [0, 0.05) is 9.80 Å². The fourth-order valence-electron chi connectivity index (χ4n) is 1.34. The van der Waals surface area contributed by atoms with E-state index in [1.165, 1.54) is 0 Å². The Balaban J connectivity index is 2.81. The average molecular weight is 338 g/mol. The summed E-state index contributed by atoms with van der Waals surface area (Å²) >= 11 is 6.63. The molecular weight excluding hydrogens is 324 g/mol. The number of hydrogen-bond donors (Lipinski definition) is 2. The Hall–Kier alpha value is 0.100. The van der Waals surface area contributed by atoms with Crippen LogP contribution in [-0.4, -0.2) is 21.6 Å². The van der Waals surface area contributed by atoms with Crippen molar-refractivity contribution in [2.75, 3.05) is 5.33 Å². The first-order valence-corrected chi connectivity index (χ1v) is 6.66. The molecule has 2 unspecified atom stereocenters. The zero-order valence-corrected chi connectivity index (χ0v) is 11.6. The van der Waals surface area contributed by atoms with Crippen molar-refractivity contribution in [1.82, 2.24) is 0 Å². The summed E-state index contributed by atoms with van der Waals surface area (Å²) in [5.41, 5.74) is 1.81. The van der Waals surface area contributed by atoms with Gasteiger partial charge in [0.1, 0.15) is 6.10 Å². The van der Waals surface area contributed by atoms with Crippen LogP contribution in [0.1, 0.15) is 23.7 Å². The Morgan fingerprint density at radius 1 is 1.33 bits per heavy atom. The van der Waals surface area contributed by atoms with Gasteiger partial charge in [-0.1, -0.05) is 44.0 Å². The number of halogens is 2. The molecule has 0 saturated heterocycles. The van der Waals surface area contributed by atoms with E-state index in [0.717, 1.165) is 15.6 Å². The summed E-state index contributed by atoms with van der Waals surface area (Å²) in [6.07, 6.45) is -0.990. The van der Waals surface area contributed by atoms with Gasteiger partial charge in [-0.2, -0.15) is 0 Å². The van der Waals surface area contributed by atoms with Gasteiger partial charge in [-0.25, -0.2) is 0 Å². The maximum Gasteiger partial charge on any atom is 0.105 e. The molecule has 0 spiro atoms. The van der Waals surface area contributed by atoms with Crippen molar-refractivity contribution in [2.45, 2.75) is 25.6 Å². The van der Waals surface area contributed by atoms with Crippen molar-refractivity contribution in [3.8, 4) is 0 Å². The lowest BCUT2D eigenvalue weighted by Gasteiger charge is -2.17. The van der Waals surface area contributed by atoms with Crippen LogP contribution in [0, 0.1) is 6.92 Å². The monoisotopic (exact) mass is 336 g/mol. The summed E-state index contributed by atoms with van der Waals surface area (Å²) in [5.74, 6) is 0. The molecule has 2 nitrogen and oxygen atoms in total. The number of rotatable bonds is 4. The molecule has 0 fully saturated rings. The molecule has 0 saturated carbocycles. The summed E-state index contributed by atoms with van der Waals surface area (Å²) in [6, 6.07) is 5.58. The normalized spacial score (nSPS) is 15.0. The van der Waals surface area contributed by atoms with Crippen LogP contribution >= 0.6 is 31.9 Å². The molecular formula is C11H14Br2O2. The molecule has 84 valence electrons. The van der Waals surface area contributed by atoms with Crippen LogP contribution in [0.15, 0.2) is 22.7 Å². The number of alkyl halides is 1. The van der Waals surface area contributed by atoms with E-state index in [0.29, 0.717) is 11.8 Å². The molecule has 1 aromatic carbocycles. The molecule has 0 aliphatic heterocycles. The van der Waals surface area contributed by atoms with Gasteiger partial charge in [-0.3, -0.25) is 0 Å². The molecule has 0 aliphatic rings. The number of aliphatic hydroxyl groups is 2. The van der Waals surface area contributed by atoms with Crippen molar-refractivity contribution >= 4 is 31.9 Å². The molecule has 0 aliphatic carbocycles. The first-order chi connectivity index (χ1) is 7.06. The van der Waals surface area contributed by atoms with Crippen LogP contribution in [0.25, 0.3) is 0 Å². The fourth-order valence-corrected chi connectivity index (χ4v) is 2.06. The van der Waals surface area contributed by atoms with Crippen LogP contribution in [0.2, 0.25) is 0 Å². The molecule has 0 amide bonds. The summed E-state index contributed by atoms with van der Waals surface area (Å²) < 4.78 is 1.01. The third-order valence-corrected chi connectivity index (χ3v) is 3.64. The summed E-state index contributed by atoms with van der Waals surface area (Å²) in [4.78, 5) is 0. The quantitative estimate of drug-likeness (QED) is 0.829. The molecule has 1 aromatic rings. The maximum absolute atomic E-state index is 9.85. The fraction of sp³-hybridized carbons (Fsp3) is 0.455. The third kappa shape index (κ3) is 3.55. The highest BCUT2D eigenvalue weighted by molar-refractivity contribution is 9.10. The minimum atomic E-state index is -0.811. The second-order valence-electron chi connectivity index (χ2n) is 3.50. The smallest absolute Gasteiger partial charge is 0.105 e. The minimum Gasteiger partial charge on any atom is -0.390 e. The Morgan fingerprint density at radius 2 is 2.00 bits per heavy atom. The Bertz CT molecular complexity index is 328. The van der Waals surface area contributed by atoms with Crippen LogP contribution in [0.5, 0.6) is 0 Å². The largest absolute Gasteiger partial charge is 0.390 e. The van der Waals surface area contributed by atoms with E-state index in [4.69, 9.17) is 0 Å². The predicted molar refractivity (Wildman–Crippen MR) is 68.3 cm³/mol. The zero-order chi connectivity index (χ0) is 11.4. The number of aryl methyl sites for hydroxylation is 1. The molecule has 0 heterocycles. The van der Waals surface area contributed by atoms with E-state index in [2.05, 4.69) is 31.9 Å². The highest BCUT2D eigenvalue weighted by atomic mass is 79.9. The number of benzene rings is 1. The number of hydrogen-bond acceptors (Lipinski definition) is 2. The Morgan fingerprint density at radius 3 is 2.53 bits per heavy atom. The molecule has 0 aromatic heterocycles. The van der Waals surface area contributed by atoms with Crippen molar-refractivity contribution in [1.29, 1.82) is 0 Å². The van der Waals surface area contributed by atoms with Gasteiger partial charge in [-0.05, 0) is 30.5 Å². The lowest BCUT2D eigenvalue weighted by Crippen LogP contribution is -2.18. The van der Waals surface area contributed by atoms with Crippen LogP contribution < -0.4 is 0 Å². The van der Waals surface area contributed by atoms with Crippen molar-refractivity contribution in [2.24, 2.45) is 0 Å². The highest BCUT2D eigenvalue weighted by Crippen LogP contribution is 2.24. The molecule has 2 atom stereocenters. The van der Waals surface area contributed by atoms with E-state index in [1.807, 2.05) is 25.1 Å². The Kier molecular flexibility index (Phi) is 5.26. The third-order valence-electron chi connectivity index (χ3n) is 2.29. The zero-order valence-electron chi connectivity index (χ0n) is 8.45. The SMILES string of the molecule is Cc1cc(C(O)C(O)CCBr)ccc1Br. The van der Waals surface area contributed by atoms with Crippen LogP contribution in [0.4, 0.5) is 0 Å². The van der Waals surface area contributed by atoms with E-state index >= 15 is 0 Å². The van der Waals surface area contributed by atoms with E-state index in [-0.39, 0.29) is 0 Å². The molecule has 0 radical (unpaired) electrons. The van der Waals surface area contributed by atoms with E-state index in [1.54, 1.807) is 0 Å². The molecule has 1 rings (SSSR count). The lowest BCUT2D eigenvalue weighted by atomic mass is 10.0. The topological polar surface area (TPSA) is 40.5 Å². The van der Waals surface area contributed by atoms with Crippen molar-refractivity contribution in [3.63, 3.8) is 0 Å². The second-order valence-corrected chi connectivity index (χ2v) is 5.15. The van der Waals surface area contributed by atoms with Gasteiger partial charge < -0.3 is 10.2 Å². The van der Waals surface area contributed by atoms with Crippen LogP contribution in [-0.2, 0) is 0 Å². The number of aliphatic hydroxyl groups excluding tert-OH is 2. The second kappa shape index (κ2) is 5.99. The van der Waals surface area contributed by atoms with E-state index < -0.39 is 12.2 Å². The van der Waals surface area contributed by atoms with Crippen molar-refractivity contribution in [3.05, 3.63) is 33.8 Å². The van der Waals surface area contributed by atoms with Gasteiger partial charge in [-0.15, -0.1) is 0 Å². The first-order valence-electron chi connectivity index (χ1n) is 4.74. The van der Waals surface area contributed by atoms with Gasteiger partial charge >= 0.3 is 0 Å². The lowest BCUT2D eigenvalue weighted by molar-refractivity contribution is 0.0173. The maximum atomic E-state index is 9.85. The predicted octanol–water partition coefficient (Wildman–Crippen LogP) is 2.94.